The first-order valence-corrected chi connectivity index (χ1v) is 9.85. The van der Waals surface area contributed by atoms with Gasteiger partial charge in [-0.25, -0.2) is 0 Å². The van der Waals surface area contributed by atoms with Gasteiger partial charge in [0.1, 0.15) is 13.2 Å². The quantitative estimate of drug-likeness (QED) is 0.609. The van der Waals surface area contributed by atoms with Gasteiger partial charge in [-0.05, 0) is 36.8 Å². The monoisotopic (exact) mass is 391 g/mol. The highest BCUT2D eigenvalue weighted by Gasteiger charge is 2.09. The second-order valence-electron chi connectivity index (χ2n) is 6.97. The summed E-state index contributed by atoms with van der Waals surface area (Å²) in [6.07, 6.45) is 0. The summed E-state index contributed by atoms with van der Waals surface area (Å²) >= 11 is 0. The fourth-order valence-electron chi connectivity index (χ4n) is 3.16. The zero-order valence-corrected chi connectivity index (χ0v) is 16.6. The number of nitrogens with zero attached hydrogens (tertiary/aromatic N) is 1. The van der Waals surface area contributed by atoms with Gasteiger partial charge in [-0.2, -0.15) is 0 Å². The van der Waals surface area contributed by atoms with Gasteiger partial charge in [0.05, 0.1) is 37.8 Å². The van der Waals surface area contributed by atoms with Crippen LogP contribution in [0.25, 0.3) is 11.3 Å². The maximum absolute atomic E-state index is 5.84. The Morgan fingerprint density at radius 3 is 2.07 bits per heavy atom. The molecule has 2 heterocycles. The van der Waals surface area contributed by atoms with Gasteiger partial charge in [0.25, 0.3) is 0 Å². The van der Waals surface area contributed by atoms with Crippen molar-refractivity contribution in [2.24, 2.45) is 0 Å². The molecule has 3 aromatic rings. The third-order valence-corrected chi connectivity index (χ3v) is 4.62. The molecule has 5 nitrogen and oxygen atoms in total. The molecule has 0 radical (unpaired) electrons. The van der Waals surface area contributed by atoms with Crippen LogP contribution in [-0.4, -0.2) is 31.4 Å². The van der Waals surface area contributed by atoms with Crippen molar-refractivity contribution in [3.63, 3.8) is 0 Å². The second kappa shape index (κ2) is 9.54. The van der Waals surface area contributed by atoms with Gasteiger partial charge < -0.3 is 18.9 Å². The number of ether oxygens (including phenoxy) is 4. The van der Waals surface area contributed by atoms with E-state index in [4.69, 9.17) is 23.9 Å². The highest BCUT2D eigenvalue weighted by molar-refractivity contribution is 5.60. The molecule has 4 rings (SSSR count). The Labute approximate surface area is 171 Å². The largest absolute Gasteiger partial charge is 0.487 e. The summed E-state index contributed by atoms with van der Waals surface area (Å²) in [6.45, 7) is 4.86. The molecule has 0 saturated heterocycles. The van der Waals surface area contributed by atoms with E-state index in [1.54, 1.807) is 0 Å². The summed E-state index contributed by atoms with van der Waals surface area (Å²) in [6, 6.07) is 20.1. The molecule has 0 aliphatic carbocycles. The minimum absolute atomic E-state index is 0.425. The molecule has 2 aromatic carbocycles. The molecule has 0 saturated carbocycles. The summed E-state index contributed by atoms with van der Waals surface area (Å²) < 4.78 is 23.3. The number of hydrogen-bond acceptors (Lipinski definition) is 5. The lowest BCUT2D eigenvalue weighted by atomic mass is 10.1. The van der Waals surface area contributed by atoms with Crippen molar-refractivity contribution >= 4 is 0 Å². The number of pyridine rings is 1. The maximum atomic E-state index is 5.84. The van der Waals surface area contributed by atoms with E-state index in [9.17, 15) is 0 Å². The smallest absolute Gasteiger partial charge is 0.161 e. The highest BCUT2D eigenvalue weighted by Crippen LogP contribution is 2.26. The number of rotatable bonds is 1. The van der Waals surface area contributed by atoms with Crippen molar-refractivity contribution < 1.29 is 18.9 Å². The number of aromatic nitrogens is 1. The van der Waals surface area contributed by atoms with Gasteiger partial charge in [-0.15, -0.1) is 0 Å². The number of para-hydroxylation sites is 2. The molecule has 0 unspecified atom stereocenters. The topological polar surface area (TPSA) is 49.8 Å². The number of benzene rings is 2. The molecule has 0 N–H and O–H groups in total. The molecule has 29 heavy (non-hydrogen) atoms. The third-order valence-electron chi connectivity index (χ3n) is 4.62. The zero-order chi connectivity index (χ0) is 19.9. The molecule has 0 amide bonds. The number of hydrogen-bond donors (Lipinski definition) is 0. The first-order valence-electron chi connectivity index (χ1n) is 9.85. The molecule has 1 aromatic heterocycles. The van der Waals surface area contributed by atoms with E-state index in [-0.39, 0.29) is 0 Å². The Morgan fingerprint density at radius 2 is 1.38 bits per heavy atom. The van der Waals surface area contributed by atoms with Crippen LogP contribution in [0.5, 0.6) is 11.5 Å². The van der Waals surface area contributed by atoms with E-state index >= 15 is 0 Å². The molecule has 0 spiro atoms. The molecule has 5 heteroatoms. The van der Waals surface area contributed by atoms with Crippen molar-refractivity contribution in [2.75, 3.05) is 26.4 Å². The average Bonchev–Trinajstić information content (AvgIpc) is 2.74. The van der Waals surface area contributed by atoms with Crippen LogP contribution in [0.15, 0.2) is 60.7 Å². The minimum atomic E-state index is 0.425. The predicted octanol–water partition coefficient (Wildman–Crippen LogP) is 4.56. The van der Waals surface area contributed by atoms with Gasteiger partial charge >= 0.3 is 0 Å². The van der Waals surface area contributed by atoms with Crippen molar-refractivity contribution in [1.82, 2.24) is 4.98 Å². The Morgan fingerprint density at radius 1 is 0.724 bits per heavy atom. The lowest BCUT2D eigenvalue weighted by Crippen LogP contribution is -2.09. The van der Waals surface area contributed by atoms with E-state index in [1.807, 2.05) is 30.3 Å². The Hall–Kier alpha value is -2.89. The molecule has 0 atom stereocenters. The van der Waals surface area contributed by atoms with E-state index in [0.29, 0.717) is 45.4 Å². The van der Waals surface area contributed by atoms with Crippen LogP contribution >= 0.6 is 0 Å². The Kier molecular flexibility index (Phi) is 6.39. The van der Waals surface area contributed by atoms with Gasteiger partial charge in [0.2, 0.25) is 0 Å². The first kappa shape index (κ1) is 19.4. The van der Waals surface area contributed by atoms with Crippen molar-refractivity contribution in [1.29, 1.82) is 0 Å². The number of fused-ring (bicyclic) bond motifs is 3. The standard InChI is InChI=1S/C24H25NO4/c1-18-6-8-20(9-7-18)22-15-19-14-21(25-22)17-27-11-13-29-24-5-3-2-4-23(24)28-12-10-26-16-19/h2-9,14-15H,10-13,16-17H2,1H3. The molecule has 1 aliphatic rings. The van der Waals surface area contributed by atoms with Crippen LogP contribution in [0.4, 0.5) is 0 Å². The van der Waals surface area contributed by atoms with Gasteiger partial charge in [-0.3, -0.25) is 4.98 Å². The van der Waals surface area contributed by atoms with Crippen LogP contribution in [0, 0.1) is 6.92 Å². The highest BCUT2D eigenvalue weighted by atomic mass is 16.6. The van der Waals surface area contributed by atoms with E-state index < -0.39 is 0 Å². The van der Waals surface area contributed by atoms with Crippen molar-refractivity contribution in [3.05, 3.63) is 77.5 Å². The fraction of sp³-hybridized carbons (Fsp3) is 0.292. The lowest BCUT2D eigenvalue weighted by molar-refractivity contribution is 0.0826. The summed E-state index contributed by atoms with van der Waals surface area (Å²) in [5, 5.41) is 0. The minimum Gasteiger partial charge on any atom is -0.487 e. The number of aryl methyl sites for hydroxylation is 1. The van der Waals surface area contributed by atoms with Crippen LogP contribution in [0.2, 0.25) is 0 Å². The summed E-state index contributed by atoms with van der Waals surface area (Å²) in [4.78, 5) is 4.78. The normalized spacial score (nSPS) is 15.2. The molecule has 1 aliphatic heterocycles. The van der Waals surface area contributed by atoms with E-state index in [2.05, 4.69) is 37.3 Å². The molecular weight excluding hydrogens is 366 g/mol. The molecule has 2 bridgehead atoms. The van der Waals surface area contributed by atoms with E-state index in [1.165, 1.54) is 5.56 Å². The molecule has 150 valence electrons. The van der Waals surface area contributed by atoms with Crippen molar-refractivity contribution in [3.8, 4) is 22.8 Å². The maximum Gasteiger partial charge on any atom is 0.161 e. The first-order chi connectivity index (χ1) is 14.3. The van der Waals surface area contributed by atoms with Crippen LogP contribution < -0.4 is 9.47 Å². The molecular formula is C24H25NO4. The summed E-state index contributed by atoms with van der Waals surface area (Å²) in [5.74, 6) is 1.43. The van der Waals surface area contributed by atoms with Crippen LogP contribution in [0.3, 0.4) is 0 Å². The van der Waals surface area contributed by atoms with Crippen LogP contribution in [-0.2, 0) is 22.7 Å². The van der Waals surface area contributed by atoms with E-state index in [0.717, 1.165) is 28.3 Å². The van der Waals surface area contributed by atoms with Crippen molar-refractivity contribution in [2.45, 2.75) is 20.1 Å². The van der Waals surface area contributed by atoms with Gasteiger partial charge in [0.15, 0.2) is 11.5 Å². The summed E-state index contributed by atoms with van der Waals surface area (Å²) in [7, 11) is 0. The van der Waals surface area contributed by atoms with Gasteiger partial charge in [-0.1, -0.05) is 42.0 Å². The average molecular weight is 391 g/mol. The SMILES string of the molecule is Cc1ccc(-c2cc3cc(n2)COCCOc2ccccc2OCCOC3)cc1. The fourth-order valence-corrected chi connectivity index (χ4v) is 3.16. The predicted molar refractivity (Wildman–Crippen MR) is 111 cm³/mol. The third kappa shape index (κ3) is 5.34. The molecule has 0 fully saturated rings. The zero-order valence-electron chi connectivity index (χ0n) is 16.6. The second-order valence-corrected chi connectivity index (χ2v) is 6.97. The lowest BCUT2D eigenvalue weighted by Gasteiger charge is -2.12. The Bertz CT molecular complexity index is 889. The van der Waals surface area contributed by atoms with Crippen LogP contribution in [0.1, 0.15) is 16.8 Å². The Balaban J connectivity index is 1.52. The van der Waals surface area contributed by atoms with Gasteiger partial charge in [0, 0.05) is 5.56 Å². The summed E-state index contributed by atoms with van der Waals surface area (Å²) in [5.41, 5.74) is 5.19.